The van der Waals surface area contributed by atoms with Crippen molar-refractivity contribution in [2.75, 3.05) is 27.7 Å². The molecule has 0 aliphatic heterocycles. The van der Waals surface area contributed by atoms with Crippen LogP contribution in [0.5, 0.6) is 0 Å². The second kappa shape index (κ2) is 11.2. The number of carbonyl (C=O) groups excluding carboxylic acids is 1. The first-order chi connectivity index (χ1) is 10.4. The van der Waals surface area contributed by atoms with Crippen molar-refractivity contribution < 1.29 is 43.7 Å². The van der Waals surface area contributed by atoms with Crippen molar-refractivity contribution in [3.8, 4) is 0 Å². The number of ether oxygens (including phenoxy) is 1. The highest BCUT2D eigenvalue weighted by Crippen LogP contribution is 2.06. The third-order valence-corrected chi connectivity index (χ3v) is 2.11. The highest BCUT2D eigenvalue weighted by Gasteiger charge is 2.24. The second-order valence-electron chi connectivity index (χ2n) is 5.55. The van der Waals surface area contributed by atoms with Crippen molar-refractivity contribution in [3.05, 3.63) is 12.2 Å². The third kappa shape index (κ3) is 19.6. The summed E-state index contributed by atoms with van der Waals surface area (Å²) in [5.74, 6) is -3.81. The molecule has 0 amide bonds. The van der Waals surface area contributed by atoms with Crippen LogP contribution in [-0.2, 0) is 23.9 Å². The number of carbonyl (C=O) groups is 4. The zero-order chi connectivity index (χ0) is 18.6. The summed E-state index contributed by atoms with van der Waals surface area (Å²) in [6, 6.07) is 0. The molecular weight excluding hydrogens is 310 g/mol. The van der Waals surface area contributed by atoms with Gasteiger partial charge in [-0.2, -0.15) is 0 Å². The van der Waals surface area contributed by atoms with Gasteiger partial charge < -0.3 is 24.5 Å². The SMILES string of the molecule is CCC(=O)O[C@@H](CC(=O)O)C[N+](C)(C)C.O=C(O)/C=C/C(=O)O. The average molecular weight is 334 g/mol. The normalized spacial score (nSPS) is 12.0. The molecule has 9 heteroatoms. The van der Waals surface area contributed by atoms with Crippen LogP contribution in [0.1, 0.15) is 19.8 Å². The molecule has 0 unspecified atom stereocenters. The van der Waals surface area contributed by atoms with Crippen molar-refractivity contribution in [2.24, 2.45) is 0 Å². The fourth-order valence-electron chi connectivity index (χ4n) is 1.36. The third-order valence-electron chi connectivity index (χ3n) is 2.11. The van der Waals surface area contributed by atoms with Crippen LogP contribution in [0.25, 0.3) is 0 Å². The number of hydrogen-bond donors (Lipinski definition) is 3. The summed E-state index contributed by atoms with van der Waals surface area (Å²) in [5.41, 5.74) is 0. The van der Waals surface area contributed by atoms with Gasteiger partial charge in [-0.25, -0.2) is 9.59 Å². The van der Waals surface area contributed by atoms with Crippen molar-refractivity contribution in [2.45, 2.75) is 25.9 Å². The Balaban J connectivity index is 0. The lowest BCUT2D eigenvalue weighted by molar-refractivity contribution is -0.873. The summed E-state index contributed by atoms with van der Waals surface area (Å²) < 4.78 is 5.62. The highest BCUT2D eigenvalue weighted by molar-refractivity contribution is 5.89. The standard InChI is InChI=1S/C10H19NO4.C4H4O4/c1-5-10(14)15-8(6-9(12)13)7-11(2,3)4;5-3(6)1-2-4(7)8/h8H,5-7H2,1-4H3;1-2H,(H,5,6)(H,7,8)/p+1/b;2-1+/t8-;/m0./s1. The van der Waals surface area contributed by atoms with Crippen LogP contribution < -0.4 is 0 Å². The van der Waals surface area contributed by atoms with Gasteiger partial charge in [0.15, 0.2) is 6.10 Å². The Bertz CT molecular complexity index is 434. The van der Waals surface area contributed by atoms with Gasteiger partial charge in [-0.05, 0) is 0 Å². The number of aliphatic carboxylic acids is 3. The molecule has 0 heterocycles. The van der Waals surface area contributed by atoms with E-state index in [9.17, 15) is 19.2 Å². The molecule has 0 radical (unpaired) electrons. The largest absolute Gasteiger partial charge is 0.481 e. The van der Waals surface area contributed by atoms with E-state index in [1.807, 2.05) is 21.1 Å². The minimum Gasteiger partial charge on any atom is -0.481 e. The number of carboxylic acids is 3. The first-order valence-corrected chi connectivity index (χ1v) is 6.73. The molecule has 0 saturated heterocycles. The summed E-state index contributed by atoms with van der Waals surface area (Å²) in [4.78, 5) is 40.7. The average Bonchev–Trinajstić information content (AvgIpc) is 2.34. The number of rotatable bonds is 8. The Kier molecular flexibility index (Phi) is 11.1. The van der Waals surface area contributed by atoms with Gasteiger partial charge in [0.2, 0.25) is 0 Å². The molecule has 0 saturated carbocycles. The van der Waals surface area contributed by atoms with Crippen LogP contribution in [0.3, 0.4) is 0 Å². The van der Waals surface area contributed by atoms with Gasteiger partial charge >= 0.3 is 23.9 Å². The predicted molar refractivity (Wildman–Crippen MR) is 79.7 cm³/mol. The minimum absolute atomic E-state index is 0.138. The molecule has 0 fully saturated rings. The molecule has 0 aliphatic carbocycles. The van der Waals surface area contributed by atoms with Crippen LogP contribution in [0, 0.1) is 0 Å². The molecule has 3 N–H and O–H groups in total. The van der Waals surface area contributed by atoms with E-state index in [1.54, 1.807) is 6.92 Å². The number of esters is 1. The first kappa shape index (κ1) is 22.9. The summed E-state index contributed by atoms with van der Waals surface area (Å²) in [5, 5.41) is 24.3. The lowest BCUT2D eigenvalue weighted by Gasteiger charge is -2.28. The molecule has 0 aromatic carbocycles. The van der Waals surface area contributed by atoms with E-state index in [-0.39, 0.29) is 18.8 Å². The van der Waals surface area contributed by atoms with Crippen LogP contribution in [0.4, 0.5) is 0 Å². The maximum absolute atomic E-state index is 11.1. The van der Waals surface area contributed by atoms with Crippen molar-refractivity contribution in [1.29, 1.82) is 0 Å². The van der Waals surface area contributed by atoms with E-state index in [0.29, 0.717) is 23.2 Å². The van der Waals surface area contributed by atoms with Crippen LogP contribution in [0.2, 0.25) is 0 Å². The van der Waals surface area contributed by atoms with Crippen molar-refractivity contribution in [1.82, 2.24) is 0 Å². The number of likely N-dealkylation sites (N-methyl/N-ethyl adjacent to an activating group) is 1. The molecule has 0 aromatic rings. The Morgan fingerprint density at radius 1 is 1.00 bits per heavy atom. The maximum Gasteiger partial charge on any atom is 0.328 e. The van der Waals surface area contributed by atoms with Crippen LogP contribution in [-0.4, -0.2) is 77.5 Å². The van der Waals surface area contributed by atoms with Gasteiger partial charge in [0.1, 0.15) is 6.54 Å². The Morgan fingerprint density at radius 3 is 1.70 bits per heavy atom. The van der Waals surface area contributed by atoms with E-state index in [1.165, 1.54) is 0 Å². The fourth-order valence-corrected chi connectivity index (χ4v) is 1.36. The topological polar surface area (TPSA) is 138 Å². The molecule has 0 bridgehead atoms. The molecule has 0 rings (SSSR count). The van der Waals surface area contributed by atoms with Crippen molar-refractivity contribution in [3.63, 3.8) is 0 Å². The van der Waals surface area contributed by atoms with Gasteiger partial charge in [-0.1, -0.05) is 6.92 Å². The quantitative estimate of drug-likeness (QED) is 0.325. The van der Waals surface area contributed by atoms with E-state index in [2.05, 4.69) is 0 Å². The lowest BCUT2D eigenvalue weighted by Crippen LogP contribution is -2.43. The predicted octanol–water partition coefficient (Wildman–Crippen LogP) is 0.201. The van der Waals surface area contributed by atoms with Crippen LogP contribution >= 0.6 is 0 Å². The number of hydrogen-bond acceptors (Lipinski definition) is 5. The molecule has 0 spiro atoms. The summed E-state index contributed by atoms with van der Waals surface area (Å²) >= 11 is 0. The Morgan fingerprint density at radius 2 is 1.43 bits per heavy atom. The van der Waals surface area contributed by atoms with Crippen LogP contribution in [0.15, 0.2) is 12.2 Å². The zero-order valence-corrected chi connectivity index (χ0v) is 13.7. The molecule has 1 atom stereocenters. The number of nitrogens with zero attached hydrogens (tertiary/aromatic N) is 1. The summed E-state index contributed by atoms with van der Waals surface area (Å²) in [6.07, 6.45) is 0.703. The number of quaternary nitrogens is 1. The molecule has 23 heavy (non-hydrogen) atoms. The molecular formula is C14H24NO8+. The maximum atomic E-state index is 11.1. The molecule has 0 aliphatic rings. The second-order valence-corrected chi connectivity index (χ2v) is 5.55. The number of carboxylic acid groups (broad SMARTS) is 3. The monoisotopic (exact) mass is 334 g/mol. The van der Waals surface area contributed by atoms with E-state index < -0.39 is 24.0 Å². The van der Waals surface area contributed by atoms with Gasteiger partial charge in [0.05, 0.1) is 27.6 Å². The van der Waals surface area contributed by atoms with Gasteiger partial charge in [0, 0.05) is 18.6 Å². The Hall–Kier alpha value is -2.42. The van der Waals surface area contributed by atoms with Gasteiger partial charge in [-0.3, -0.25) is 9.59 Å². The summed E-state index contributed by atoms with van der Waals surface area (Å²) in [6.45, 7) is 2.18. The summed E-state index contributed by atoms with van der Waals surface area (Å²) in [7, 11) is 5.78. The smallest absolute Gasteiger partial charge is 0.328 e. The lowest BCUT2D eigenvalue weighted by atomic mass is 10.2. The highest BCUT2D eigenvalue weighted by atomic mass is 16.5. The van der Waals surface area contributed by atoms with E-state index in [0.717, 1.165) is 0 Å². The molecule has 0 aromatic heterocycles. The van der Waals surface area contributed by atoms with Crippen molar-refractivity contribution >= 4 is 23.9 Å². The fraction of sp³-hybridized carbons (Fsp3) is 0.571. The van der Waals surface area contributed by atoms with E-state index >= 15 is 0 Å². The minimum atomic E-state index is -1.26. The van der Waals surface area contributed by atoms with Gasteiger partial charge in [0.25, 0.3) is 0 Å². The molecule has 132 valence electrons. The van der Waals surface area contributed by atoms with E-state index in [4.69, 9.17) is 20.1 Å². The van der Waals surface area contributed by atoms with Gasteiger partial charge in [-0.15, -0.1) is 0 Å². The molecule has 9 nitrogen and oxygen atoms in total. The zero-order valence-electron chi connectivity index (χ0n) is 13.7. The Labute approximate surface area is 134 Å². The first-order valence-electron chi connectivity index (χ1n) is 6.73.